The normalized spacial score (nSPS) is 17.8. The van der Waals surface area contributed by atoms with E-state index in [1.54, 1.807) is 13.2 Å². The molecule has 2 aromatic carbocycles. The van der Waals surface area contributed by atoms with Crippen LogP contribution in [0.3, 0.4) is 0 Å². The van der Waals surface area contributed by atoms with Crippen molar-refractivity contribution in [3.8, 4) is 11.5 Å². The second-order valence-corrected chi connectivity index (χ2v) is 20.7. The van der Waals surface area contributed by atoms with Gasteiger partial charge in [-0.2, -0.15) is 0 Å². The van der Waals surface area contributed by atoms with Crippen molar-refractivity contribution in [1.29, 1.82) is 0 Å². The number of pyridine rings is 1. The van der Waals surface area contributed by atoms with Gasteiger partial charge in [0.1, 0.15) is 27.1 Å². The Bertz CT molecular complexity index is 1890. The van der Waals surface area contributed by atoms with E-state index < -0.39 is 15.7 Å². The zero-order valence-corrected chi connectivity index (χ0v) is 40.3. The van der Waals surface area contributed by atoms with Crippen molar-refractivity contribution in [2.45, 2.75) is 177 Å². The van der Waals surface area contributed by atoms with Crippen LogP contribution in [0.5, 0.6) is 11.5 Å². The highest BCUT2D eigenvalue weighted by atomic mass is 32.2. The summed E-state index contributed by atoms with van der Waals surface area (Å²) in [5.41, 5.74) is 1.26. The van der Waals surface area contributed by atoms with Gasteiger partial charge < -0.3 is 19.3 Å². The van der Waals surface area contributed by atoms with E-state index in [1.807, 2.05) is 18.2 Å². The summed E-state index contributed by atoms with van der Waals surface area (Å²) >= 11 is 0. The van der Waals surface area contributed by atoms with E-state index in [0.717, 1.165) is 58.4 Å². The maximum absolute atomic E-state index is 15.9. The maximum atomic E-state index is 15.9. The van der Waals surface area contributed by atoms with Crippen LogP contribution in [0, 0.1) is 5.82 Å². The highest BCUT2D eigenvalue weighted by Gasteiger charge is 2.34. The molecule has 0 amide bonds. The summed E-state index contributed by atoms with van der Waals surface area (Å²) in [5, 5.41) is 0.696. The number of halogens is 1. The van der Waals surface area contributed by atoms with E-state index in [4.69, 9.17) is 9.47 Å². The summed E-state index contributed by atoms with van der Waals surface area (Å²) in [6.07, 6.45) is 29.5. The Morgan fingerprint density at radius 2 is 1.13 bits per heavy atom. The number of likely N-dealkylation sites (tertiary alicyclic amines) is 1. The monoisotopic (exact) mass is 892 g/mol. The van der Waals surface area contributed by atoms with E-state index in [1.165, 1.54) is 147 Å². The molecule has 1 aromatic heterocycles. The number of methoxy groups -OCH3 is 1. The number of rotatable bonds is 27. The zero-order chi connectivity index (χ0) is 44.3. The number of benzene rings is 2. The van der Waals surface area contributed by atoms with Gasteiger partial charge in [0.2, 0.25) is 9.84 Å². The number of nitrogens with zero attached hydrogens (tertiary/aromatic N) is 5. The third-order valence-corrected chi connectivity index (χ3v) is 16.2. The largest absolute Gasteiger partial charge is 0.497 e. The molecule has 0 aliphatic carbocycles. The van der Waals surface area contributed by atoms with E-state index in [-0.39, 0.29) is 9.79 Å². The van der Waals surface area contributed by atoms with Crippen molar-refractivity contribution >= 4 is 26.4 Å². The summed E-state index contributed by atoms with van der Waals surface area (Å²) in [7, 11) is -2.68. The minimum absolute atomic E-state index is 0.0239. The van der Waals surface area contributed by atoms with Crippen LogP contribution in [-0.2, 0) is 9.84 Å². The van der Waals surface area contributed by atoms with Gasteiger partial charge in [0.15, 0.2) is 0 Å². The first-order chi connectivity index (χ1) is 30.8. The average Bonchev–Trinajstić information content (AvgIpc) is 3.31. The van der Waals surface area contributed by atoms with Crippen LogP contribution in [-0.4, -0.2) is 113 Å². The van der Waals surface area contributed by atoms with Gasteiger partial charge in [0.25, 0.3) is 0 Å². The SMILES string of the molecule is CCCCCCCCCCCCCCCCCCCCOc1ccc(S(=O)(=O)c2cnc3ccc(OC)cc3c2N2CCC(N3CCN(C4CCN(CC)CC4)CC3)CC2)c(F)c1. The number of hydrogen-bond acceptors (Lipinski definition) is 9. The molecule has 3 aromatic rings. The predicted molar refractivity (Wildman–Crippen MR) is 258 cm³/mol. The number of ether oxygens (including phenoxy) is 2. The lowest BCUT2D eigenvalue weighted by Crippen LogP contribution is -2.56. The molecule has 4 heterocycles. The molecule has 3 aliphatic heterocycles. The third-order valence-electron chi connectivity index (χ3n) is 14.4. The van der Waals surface area contributed by atoms with Crippen LogP contribution in [0.1, 0.15) is 155 Å². The summed E-state index contributed by atoms with van der Waals surface area (Å²) < 4.78 is 56.4. The van der Waals surface area contributed by atoms with E-state index >= 15 is 4.39 Å². The van der Waals surface area contributed by atoms with Crippen molar-refractivity contribution in [1.82, 2.24) is 19.7 Å². The van der Waals surface area contributed by atoms with E-state index in [2.05, 4.69) is 38.4 Å². The highest BCUT2D eigenvalue weighted by Crippen LogP contribution is 2.40. The smallest absolute Gasteiger partial charge is 0.213 e. The Labute approximate surface area is 381 Å². The first kappa shape index (κ1) is 49.4. The van der Waals surface area contributed by atoms with Crippen molar-refractivity contribution in [2.75, 3.05) is 77.5 Å². The number of fused-ring (bicyclic) bond motifs is 1. The first-order valence-electron chi connectivity index (χ1n) is 25.4. The molecule has 6 rings (SSSR count). The summed E-state index contributed by atoms with van der Waals surface area (Å²) in [5.74, 6) is 0.163. The number of piperidine rings is 2. The van der Waals surface area contributed by atoms with E-state index in [0.29, 0.717) is 59.9 Å². The van der Waals surface area contributed by atoms with Crippen LogP contribution in [0.15, 0.2) is 52.4 Å². The standard InChI is InChI=1S/C52H82FN5O4S/c1-4-6-7-8-9-10-11-12-13-14-15-16-17-18-19-20-21-22-39-62-46-24-26-50(48(53)41-46)63(59,60)51-42-54-49-25-23-45(61-3)40-47(49)52(51)58-33-29-44(30-34-58)57-37-35-56(36-38-57)43-27-31-55(5-2)32-28-43/h23-26,40-44H,4-22,27-39H2,1-3H3. The van der Waals surface area contributed by atoms with Gasteiger partial charge in [-0.3, -0.25) is 14.8 Å². The lowest BCUT2D eigenvalue weighted by Gasteiger charge is -2.46. The Hall–Kier alpha value is -2.99. The number of piperazine rings is 1. The Kier molecular flexibility index (Phi) is 20.6. The fraction of sp³-hybridized carbons (Fsp3) is 0.712. The van der Waals surface area contributed by atoms with Gasteiger partial charge in [-0.1, -0.05) is 123 Å². The molecule has 3 fully saturated rings. The molecule has 63 heavy (non-hydrogen) atoms. The van der Waals surface area contributed by atoms with Crippen molar-refractivity contribution < 1.29 is 22.3 Å². The number of sulfone groups is 1. The second-order valence-electron chi connectivity index (χ2n) is 18.8. The fourth-order valence-corrected chi connectivity index (χ4v) is 11.9. The van der Waals surface area contributed by atoms with Crippen LogP contribution in [0.4, 0.5) is 10.1 Å². The minimum atomic E-state index is -4.28. The maximum Gasteiger partial charge on any atom is 0.213 e. The minimum Gasteiger partial charge on any atom is -0.497 e. The molecule has 0 bridgehead atoms. The van der Waals surface area contributed by atoms with Crippen molar-refractivity contribution in [2.24, 2.45) is 0 Å². The van der Waals surface area contributed by atoms with Crippen LogP contribution in [0.25, 0.3) is 10.9 Å². The lowest BCUT2D eigenvalue weighted by atomic mass is 9.99. The second kappa shape index (κ2) is 26.2. The molecule has 3 aliphatic rings. The van der Waals surface area contributed by atoms with Gasteiger partial charge >= 0.3 is 0 Å². The summed E-state index contributed by atoms with van der Waals surface area (Å²) in [6.45, 7) is 14.4. The quantitative estimate of drug-likeness (QED) is 0.0695. The van der Waals surface area contributed by atoms with Gasteiger partial charge in [-0.25, -0.2) is 12.8 Å². The fourth-order valence-electron chi connectivity index (χ4n) is 10.4. The molecule has 0 radical (unpaired) electrons. The van der Waals surface area contributed by atoms with Crippen LogP contribution in [0.2, 0.25) is 0 Å². The molecule has 352 valence electrons. The molecule has 0 N–H and O–H groups in total. The molecule has 0 spiro atoms. The van der Waals surface area contributed by atoms with E-state index in [9.17, 15) is 8.42 Å². The third kappa shape index (κ3) is 14.5. The van der Waals surface area contributed by atoms with Gasteiger partial charge in [0.05, 0.1) is 24.9 Å². The molecule has 0 atom stereocenters. The Morgan fingerprint density at radius 3 is 1.63 bits per heavy atom. The molecule has 0 saturated carbocycles. The number of hydrogen-bond donors (Lipinski definition) is 0. The number of anilines is 1. The Balaban J connectivity index is 0.954. The number of aromatic nitrogens is 1. The average molecular weight is 892 g/mol. The van der Waals surface area contributed by atoms with Gasteiger partial charge in [-0.05, 0) is 82.1 Å². The summed E-state index contributed by atoms with van der Waals surface area (Å²) in [6, 6.07) is 10.9. The Morgan fingerprint density at radius 1 is 0.619 bits per heavy atom. The van der Waals surface area contributed by atoms with Crippen LogP contribution < -0.4 is 14.4 Å². The topological polar surface area (TPSA) is 78.4 Å². The van der Waals surface area contributed by atoms with Crippen molar-refractivity contribution in [3.63, 3.8) is 0 Å². The van der Waals surface area contributed by atoms with Gasteiger partial charge in [-0.15, -0.1) is 0 Å². The molecule has 11 heteroatoms. The molecular weight excluding hydrogens is 810 g/mol. The van der Waals surface area contributed by atoms with Crippen LogP contribution >= 0.6 is 0 Å². The predicted octanol–water partition coefficient (Wildman–Crippen LogP) is 11.7. The highest BCUT2D eigenvalue weighted by molar-refractivity contribution is 7.91. The first-order valence-corrected chi connectivity index (χ1v) is 26.9. The van der Waals surface area contributed by atoms with Gasteiger partial charge in [0, 0.05) is 69.0 Å². The lowest BCUT2D eigenvalue weighted by molar-refractivity contribution is 0.0384. The molecule has 0 unspecified atom stereocenters. The zero-order valence-electron chi connectivity index (χ0n) is 39.5. The molecule has 9 nitrogen and oxygen atoms in total. The van der Waals surface area contributed by atoms with Crippen molar-refractivity contribution in [3.05, 3.63) is 48.4 Å². The molecular formula is C52H82FN5O4S. The molecule has 3 saturated heterocycles. The summed E-state index contributed by atoms with van der Waals surface area (Å²) in [4.78, 5) is 14.4. The number of unbranched alkanes of at least 4 members (excludes halogenated alkanes) is 17.